The van der Waals surface area contributed by atoms with Crippen LogP contribution in [0.2, 0.25) is 0 Å². The fraction of sp³-hybridized carbons (Fsp3) is 0.273. The minimum atomic E-state index is -4.06. The highest BCUT2D eigenvalue weighted by Gasteiger charge is 2.31. The van der Waals surface area contributed by atoms with Gasteiger partial charge in [-0.3, -0.25) is 14.2 Å². The zero-order valence-electron chi connectivity index (χ0n) is 18.6. The molecule has 1 heterocycles. The Morgan fingerprint density at radius 3 is 2.25 bits per heavy atom. The molecule has 0 spiro atoms. The van der Waals surface area contributed by atoms with Gasteiger partial charge >= 0.3 is 0 Å². The Labute approximate surface area is 187 Å². The molecule has 170 valence electrons. The number of ether oxygens (including phenoxy) is 2. The number of hydrogen-bond donors (Lipinski definition) is 2. The summed E-state index contributed by atoms with van der Waals surface area (Å²) in [5, 5.41) is 9.41. The van der Waals surface area contributed by atoms with Gasteiger partial charge in [0.1, 0.15) is 11.4 Å². The third-order valence-corrected chi connectivity index (χ3v) is 6.92. The monoisotopic (exact) mass is 458 g/mol. The number of hydrogen-bond acceptors (Lipinski definition) is 6. The van der Waals surface area contributed by atoms with Crippen molar-refractivity contribution < 1.29 is 22.7 Å². The van der Waals surface area contributed by atoms with Crippen LogP contribution in [0.3, 0.4) is 0 Å². The Hall–Kier alpha value is -3.53. The van der Waals surface area contributed by atoms with Crippen molar-refractivity contribution in [3.8, 4) is 11.5 Å². The minimum absolute atomic E-state index is 0.0528. The number of anilines is 2. The van der Waals surface area contributed by atoms with Crippen LogP contribution in [0.4, 0.5) is 11.4 Å². The molecule has 9 nitrogen and oxygen atoms in total. The summed E-state index contributed by atoms with van der Waals surface area (Å²) in [6.45, 7) is 4.71. The van der Waals surface area contributed by atoms with E-state index in [1.54, 1.807) is 56.3 Å². The Bertz CT molecular complexity index is 1200. The first-order valence-corrected chi connectivity index (χ1v) is 11.2. The molecule has 2 aromatic carbocycles. The van der Waals surface area contributed by atoms with Crippen molar-refractivity contribution >= 4 is 27.3 Å². The molecule has 3 aromatic rings. The van der Waals surface area contributed by atoms with Gasteiger partial charge in [0.15, 0.2) is 11.5 Å². The molecule has 0 saturated carbocycles. The van der Waals surface area contributed by atoms with Crippen LogP contribution in [0, 0.1) is 20.8 Å². The number of H-pyrrole nitrogens is 1. The maximum atomic E-state index is 13.5. The van der Waals surface area contributed by atoms with Crippen LogP contribution in [0.1, 0.15) is 17.0 Å². The highest BCUT2D eigenvalue weighted by molar-refractivity contribution is 7.93. The zero-order chi connectivity index (χ0) is 23.5. The molecule has 0 radical (unpaired) electrons. The van der Waals surface area contributed by atoms with Crippen molar-refractivity contribution in [2.75, 3.05) is 30.4 Å². The van der Waals surface area contributed by atoms with Crippen LogP contribution in [0.15, 0.2) is 47.4 Å². The van der Waals surface area contributed by atoms with Gasteiger partial charge in [-0.2, -0.15) is 5.10 Å². The number of nitrogens with one attached hydrogen (secondary N) is 2. The second-order valence-corrected chi connectivity index (χ2v) is 9.03. The van der Waals surface area contributed by atoms with Crippen molar-refractivity contribution in [2.45, 2.75) is 25.7 Å². The Kier molecular flexibility index (Phi) is 6.73. The molecule has 0 unspecified atom stereocenters. The average molecular weight is 459 g/mol. The third-order valence-electron chi connectivity index (χ3n) is 4.89. The number of benzene rings is 2. The number of rotatable bonds is 8. The predicted molar refractivity (Wildman–Crippen MR) is 122 cm³/mol. The number of aryl methyl sites for hydroxylation is 3. The van der Waals surface area contributed by atoms with Gasteiger partial charge in [0.2, 0.25) is 5.91 Å². The van der Waals surface area contributed by atoms with Crippen molar-refractivity contribution in [1.29, 1.82) is 0 Å². The average Bonchev–Trinajstić information content (AvgIpc) is 3.11. The molecular weight excluding hydrogens is 432 g/mol. The lowest BCUT2D eigenvalue weighted by molar-refractivity contribution is -0.114. The topological polar surface area (TPSA) is 114 Å². The van der Waals surface area contributed by atoms with Crippen LogP contribution >= 0.6 is 0 Å². The number of methoxy groups -OCH3 is 2. The molecule has 3 rings (SSSR count). The van der Waals surface area contributed by atoms with Crippen molar-refractivity contribution in [2.24, 2.45) is 0 Å². The van der Waals surface area contributed by atoms with Crippen molar-refractivity contribution in [1.82, 2.24) is 10.2 Å². The zero-order valence-corrected chi connectivity index (χ0v) is 19.4. The van der Waals surface area contributed by atoms with Gasteiger partial charge in [0.25, 0.3) is 10.0 Å². The normalized spacial score (nSPS) is 11.2. The van der Waals surface area contributed by atoms with E-state index in [1.807, 2.05) is 6.92 Å². The predicted octanol–water partition coefficient (Wildman–Crippen LogP) is 3.19. The van der Waals surface area contributed by atoms with Gasteiger partial charge in [-0.05, 0) is 45.0 Å². The van der Waals surface area contributed by atoms with Crippen molar-refractivity contribution in [3.05, 3.63) is 59.4 Å². The van der Waals surface area contributed by atoms with Gasteiger partial charge < -0.3 is 14.8 Å². The summed E-state index contributed by atoms with van der Waals surface area (Å²) in [5.41, 5.74) is 2.53. The summed E-state index contributed by atoms with van der Waals surface area (Å²) in [4.78, 5) is 12.9. The van der Waals surface area contributed by atoms with E-state index < -0.39 is 22.5 Å². The van der Waals surface area contributed by atoms with Crippen molar-refractivity contribution in [3.63, 3.8) is 0 Å². The van der Waals surface area contributed by atoms with Crippen LogP contribution in [-0.4, -0.2) is 45.3 Å². The molecule has 1 aromatic heterocycles. The summed E-state index contributed by atoms with van der Waals surface area (Å²) < 4.78 is 38.6. The fourth-order valence-corrected chi connectivity index (χ4v) is 5.06. The molecule has 0 bridgehead atoms. The van der Waals surface area contributed by atoms with Gasteiger partial charge in [-0.25, -0.2) is 8.42 Å². The summed E-state index contributed by atoms with van der Waals surface area (Å²) in [6, 6.07) is 11.8. The number of carbonyl (C=O) groups is 1. The Balaban J connectivity index is 1.94. The molecule has 0 atom stereocenters. The lowest BCUT2D eigenvalue weighted by atomic mass is 10.2. The summed E-state index contributed by atoms with van der Waals surface area (Å²) in [7, 11) is -1.06. The van der Waals surface area contributed by atoms with E-state index in [4.69, 9.17) is 9.47 Å². The van der Waals surface area contributed by atoms with E-state index in [-0.39, 0.29) is 4.90 Å². The second-order valence-electron chi connectivity index (χ2n) is 7.23. The van der Waals surface area contributed by atoms with Gasteiger partial charge in [0, 0.05) is 11.8 Å². The Morgan fingerprint density at radius 2 is 1.69 bits per heavy atom. The molecule has 2 N–H and O–H groups in total. The van der Waals surface area contributed by atoms with E-state index in [0.29, 0.717) is 34.3 Å². The first kappa shape index (κ1) is 23.1. The molecule has 0 aliphatic rings. The molecule has 32 heavy (non-hydrogen) atoms. The molecule has 0 fully saturated rings. The van der Waals surface area contributed by atoms with Crippen LogP contribution in [0.25, 0.3) is 0 Å². The maximum absolute atomic E-state index is 13.5. The number of carbonyl (C=O) groups excluding carboxylic acids is 1. The van der Waals surface area contributed by atoms with Crippen LogP contribution in [-0.2, 0) is 14.8 Å². The van der Waals surface area contributed by atoms with Crippen LogP contribution < -0.4 is 19.1 Å². The highest BCUT2D eigenvalue weighted by atomic mass is 32.2. The smallest absolute Gasteiger partial charge is 0.268 e. The molecule has 0 aliphatic carbocycles. The first-order valence-electron chi connectivity index (χ1n) is 9.80. The van der Waals surface area contributed by atoms with E-state index >= 15 is 0 Å². The number of sulfonamides is 1. The third kappa shape index (κ3) is 4.70. The highest BCUT2D eigenvalue weighted by Crippen LogP contribution is 2.30. The number of amides is 1. The molecule has 1 amide bonds. The minimum Gasteiger partial charge on any atom is -0.493 e. The summed E-state index contributed by atoms with van der Waals surface area (Å²) >= 11 is 0. The Morgan fingerprint density at radius 1 is 1.03 bits per heavy atom. The van der Waals surface area contributed by atoms with Gasteiger partial charge in [-0.1, -0.05) is 17.7 Å². The fourth-order valence-electron chi connectivity index (χ4n) is 3.30. The number of aromatic nitrogens is 2. The first-order chi connectivity index (χ1) is 15.2. The largest absolute Gasteiger partial charge is 0.493 e. The summed E-state index contributed by atoms with van der Waals surface area (Å²) in [5.74, 6) is 0.443. The quantitative estimate of drug-likeness (QED) is 0.536. The van der Waals surface area contributed by atoms with E-state index in [0.717, 1.165) is 9.87 Å². The number of aromatic amines is 1. The molecule has 10 heteroatoms. The molecular formula is C22H26N4O5S. The second kappa shape index (κ2) is 9.31. The van der Waals surface area contributed by atoms with E-state index in [9.17, 15) is 13.2 Å². The summed E-state index contributed by atoms with van der Waals surface area (Å²) in [6.07, 6.45) is 0. The molecule has 0 aliphatic heterocycles. The van der Waals surface area contributed by atoms with E-state index in [1.165, 1.54) is 14.2 Å². The lowest BCUT2D eigenvalue weighted by Gasteiger charge is -2.24. The van der Waals surface area contributed by atoms with Gasteiger partial charge in [0.05, 0.1) is 31.3 Å². The van der Waals surface area contributed by atoms with E-state index in [2.05, 4.69) is 15.5 Å². The number of nitrogens with zero attached hydrogens (tertiary/aromatic N) is 2. The van der Waals surface area contributed by atoms with Crippen LogP contribution in [0.5, 0.6) is 11.5 Å². The maximum Gasteiger partial charge on any atom is 0.268 e. The standard InChI is InChI=1S/C22H26N4O5S/c1-14-6-9-18(10-7-14)26(32(28,29)22-15(2)24-25-16(22)3)13-21(27)23-17-8-11-19(30-4)20(12-17)31-5/h6-12H,13H2,1-5H3,(H,23,27)(H,24,25). The van der Waals surface area contributed by atoms with Gasteiger partial charge in [-0.15, -0.1) is 0 Å². The molecule has 0 saturated heterocycles. The SMILES string of the molecule is COc1ccc(NC(=O)CN(c2ccc(C)cc2)S(=O)(=O)c2c(C)n[nH]c2C)cc1OC. The lowest BCUT2D eigenvalue weighted by Crippen LogP contribution is -2.38.